The highest BCUT2D eigenvalue weighted by Crippen LogP contribution is 2.45. The van der Waals surface area contributed by atoms with E-state index in [-0.39, 0.29) is 17.9 Å². The van der Waals surface area contributed by atoms with E-state index < -0.39 is 16.6 Å². The highest BCUT2D eigenvalue weighted by molar-refractivity contribution is 5.76. The van der Waals surface area contributed by atoms with Crippen molar-refractivity contribution >= 4 is 11.9 Å². The second-order valence-corrected chi connectivity index (χ2v) is 8.41. The Balaban J connectivity index is 2.95. The summed E-state index contributed by atoms with van der Waals surface area (Å²) in [4.78, 5) is 24.7. The van der Waals surface area contributed by atoms with E-state index in [1.807, 2.05) is 48.5 Å². The molecule has 1 saturated carbocycles. The molecule has 1 rings (SSSR count). The molecule has 0 radical (unpaired) electrons. The Labute approximate surface area is 141 Å². The van der Waals surface area contributed by atoms with Gasteiger partial charge >= 0.3 is 11.9 Å². The first-order valence-corrected chi connectivity index (χ1v) is 8.91. The number of esters is 2. The molecule has 0 bridgehead atoms. The monoisotopic (exact) mass is 326 g/mol. The molecule has 4 heteroatoms. The Bertz CT molecular complexity index is 429. The molecule has 4 nitrogen and oxygen atoms in total. The van der Waals surface area contributed by atoms with Gasteiger partial charge in [0.2, 0.25) is 0 Å². The minimum absolute atomic E-state index is 0.199. The second kappa shape index (κ2) is 7.23. The highest BCUT2D eigenvalue weighted by Gasteiger charge is 2.54. The van der Waals surface area contributed by atoms with Crippen molar-refractivity contribution in [1.82, 2.24) is 0 Å². The van der Waals surface area contributed by atoms with Crippen LogP contribution < -0.4 is 0 Å². The molecule has 1 aliphatic rings. The van der Waals surface area contributed by atoms with Crippen LogP contribution >= 0.6 is 0 Å². The number of hydrogen-bond acceptors (Lipinski definition) is 4. The number of ether oxygens (including phenoxy) is 2. The molecule has 0 amide bonds. The molecular weight excluding hydrogens is 292 g/mol. The Morgan fingerprint density at radius 2 is 1.61 bits per heavy atom. The molecule has 0 heterocycles. The SMILES string of the molecule is CCC(C)(C)C(=O)OC1(C(C)(C)OC(=O)CC(C)C)CCCC1. The van der Waals surface area contributed by atoms with Gasteiger partial charge in [-0.15, -0.1) is 0 Å². The van der Waals surface area contributed by atoms with Crippen molar-refractivity contribution in [1.29, 1.82) is 0 Å². The zero-order valence-corrected chi connectivity index (χ0v) is 16.0. The molecule has 0 spiro atoms. The molecule has 0 aromatic heterocycles. The van der Waals surface area contributed by atoms with Crippen LogP contribution in [0.5, 0.6) is 0 Å². The zero-order valence-electron chi connectivity index (χ0n) is 16.0. The van der Waals surface area contributed by atoms with Crippen LogP contribution in [0.3, 0.4) is 0 Å². The molecule has 0 N–H and O–H groups in total. The summed E-state index contributed by atoms with van der Waals surface area (Å²) in [6.45, 7) is 13.5. The smallest absolute Gasteiger partial charge is 0.312 e. The second-order valence-electron chi connectivity index (χ2n) is 8.41. The molecular formula is C19H34O4. The van der Waals surface area contributed by atoms with Gasteiger partial charge in [-0.25, -0.2) is 0 Å². The lowest BCUT2D eigenvalue weighted by molar-refractivity contribution is -0.212. The van der Waals surface area contributed by atoms with Gasteiger partial charge in [0, 0.05) is 6.42 Å². The van der Waals surface area contributed by atoms with Gasteiger partial charge in [0.05, 0.1) is 5.41 Å². The Hall–Kier alpha value is -1.06. The fourth-order valence-corrected chi connectivity index (χ4v) is 2.99. The summed E-state index contributed by atoms with van der Waals surface area (Å²) in [5.74, 6) is -0.170. The third-order valence-electron chi connectivity index (χ3n) is 5.18. The van der Waals surface area contributed by atoms with Crippen LogP contribution in [-0.2, 0) is 19.1 Å². The van der Waals surface area contributed by atoms with Crippen molar-refractivity contribution in [2.45, 2.75) is 98.2 Å². The average molecular weight is 326 g/mol. The fourth-order valence-electron chi connectivity index (χ4n) is 2.99. The minimum Gasteiger partial charge on any atom is -0.455 e. The van der Waals surface area contributed by atoms with Gasteiger partial charge in [-0.3, -0.25) is 9.59 Å². The van der Waals surface area contributed by atoms with E-state index in [0.29, 0.717) is 6.42 Å². The van der Waals surface area contributed by atoms with Gasteiger partial charge < -0.3 is 9.47 Å². The number of carbonyl (C=O) groups is 2. The molecule has 0 atom stereocenters. The lowest BCUT2D eigenvalue weighted by Gasteiger charge is -2.44. The van der Waals surface area contributed by atoms with Gasteiger partial charge in [0.1, 0.15) is 5.60 Å². The van der Waals surface area contributed by atoms with Gasteiger partial charge in [-0.1, -0.05) is 20.8 Å². The number of hydrogen-bond donors (Lipinski definition) is 0. The maximum atomic E-state index is 12.6. The molecule has 1 aliphatic carbocycles. The van der Waals surface area contributed by atoms with Crippen molar-refractivity contribution in [3.05, 3.63) is 0 Å². The predicted octanol–water partition coefficient (Wildman–Crippen LogP) is 4.65. The van der Waals surface area contributed by atoms with Crippen LogP contribution in [0, 0.1) is 11.3 Å². The van der Waals surface area contributed by atoms with Gasteiger partial charge in [-0.2, -0.15) is 0 Å². The Morgan fingerprint density at radius 3 is 2.04 bits per heavy atom. The summed E-state index contributed by atoms with van der Waals surface area (Å²) >= 11 is 0. The van der Waals surface area contributed by atoms with Gasteiger partial charge in [0.15, 0.2) is 5.60 Å². The normalized spacial score (nSPS) is 18.1. The summed E-state index contributed by atoms with van der Waals surface area (Å²) in [6.07, 6.45) is 4.58. The van der Waals surface area contributed by atoms with E-state index in [9.17, 15) is 9.59 Å². The quantitative estimate of drug-likeness (QED) is 0.639. The molecule has 1 fully saturated rings. The summed E-state index contributed by atoms with van der Waals surface area (Å²) in [5, 5.41) is 0. The molecule has 134 valence electrons. The third kappa shape index (κ3) is 4.71. The molecule has 0 aromatic carbocycles. The maximum absolute atomic E-state index is 12.6. The summed E-state index contributed by atoms with van der Waals surface area (Å²) in [5.41, 5.74) is -2.04. The van der Waals surface area contributed by atoms with Crippen LogP contribution in [0.15, 0.2) is 0 Å². The van der Waals surface area contributed by atoms with E-state index in [0.717, 1.165) is 32.1 Å². The molecule has 0 unspecified atom stereocenters. The van der Waals surface area contributed by atoms with Gasteiger partial charge in [-0.05, 0) is 65.7 Å². The third-order valence-corrected chi connectivity index (χ3v) is 5.18. The Kier molecular flexibility index (Phi) is 6.28. The largest absolute Gasteiger partial charge is 0.455 e. The van der Waals surface area contributed by atoms with Crippen molar-refractivity contribution in [3.63, 3.8) is 0 Å². The van der Waals surface area contributed by atoms with E-state index in [1.54, 1.807) is 0 Å². The van der Waals surface area contributed by atoms with Gasteiger partial charge in [0.25, 0.3) is 0 Å². The topological polar surface area (TPSA) is 52.6 Å². The van der Waals surface area contributed by atoms with E-state index in [2.05, 4.69) is 0 Å². The van der Waals surface area contributed by atoms with Crippen LogP contribution in [0.25, 0.3) is 0 Å². The fraction of sp³-hybridized carbons (Fsp3) is 0.895. The number of carbonyl (C=O) groups excluding carboxylic acids is 2. The summed E-state index contributed by atoms with van der Waals surface area (Å²) < 4.78 is 11.8. The van der Waals surface area contributed by atoms with E-state index in [4.69, 9.17) is 9.47 Å². The van der Waals surface area contributed by atoms with Crippen molar-refractivity contribution in [2.75, 3.05) is 0 Å². The van der Waals surface area contributed by atoms with E-state index in [1.165, 1.54) is 0 Å². The van der Waals surface area contributed by atoms with Crippen molar-refractivity contribution in [2.24, 2.45) is 11.3 Å². The molecule has 23 heavy (non-hydrogen) atoms. The van der Waals surface area contributed by atoms with Crippen molar-refractivity contribution < 1.29 is 19.1 Å². The van der Waals surface area contributed by atoms with Crippen LogP contribution in [-0.4, -0.2) is 23.1 Å². The standard InChI is InChI=1S/C19H34O4/c1-8-17(4,5)16(21)23-19(11-9-10-12-19)18(6,7)22-15(20)13-14(2)3/h14H,8-13H2,1-7H3. The minimum atomic E-state index is -0.811. The average Bonchev–Trinajstić information content (AvgIpc) is 2.87. The summed E-state index contributed by atoms with van der Waals surface area (Å²) in [6, 6.07) is 0. The first kappa shape index (κ1) is 20.0. The zero-order chi connectivity index (χ0) is 17.9. The maximum Gasteiger partial charge on any atom is 0.312 e. The highest BCUT2D eigenvalue weighted by atomic mass is 16.6. The molecule has 0 aromatic rings. The van der Waals surface area contributed by atoms with Crippen LogP contribution in [0.2, 0.25) is 0 Å². The first-order valence-electron chi connectivity index (χ1n) is 8.91. The lowest BCUT2D eigenvalue weighted by Crippen LogP contribution is -2.55. The Morgan fingerprint density at radius 1 is 1.09 bits per heavy atom. The van der Waals surface area contributed by atoms with E-state index >= 15 is 0 Å². The van der Waals surface area contributed by atoms with Crippen LogP contribution in [0.1, 0.15) is 87.0 Å². The van der Waals surface area contributed by atoms with Crippen LogP contribution in [0.4, 0.5) is 0 Å². The van der Waals surface area contributed by atoms with Crippen molar-refractivity contribution in [3.8, 4) is 0 Å². The lowest BCUT2D eigenvalue weighted by atomic mass is 9.82. The number of rotatable bonds is 7. The molecule has 0 aliphatic heterocycles. The summed E-state index contributed by atoms with van der Waals surface area (Å²) in [7, 11) is 0. The first-order chi connectivity index (χ1) is 10.5. The predicted molar refractivity (Wildman–Crippen MR) is 91.0 cm³/mol. The molecule has 0 saturated heterocycles.